The van der Waals surface area contributed by atoms with Crippen molar-refractivity contribution in [1.29, 1.82) is 0 Å². The fourth-order valence-corrected chi connectivity index (χ4v) is 3.89. The first-order valence-electron chi connectivity index (χ1n) is 5.98. The minimum atomic E-state index is 0.261. The molecular weight excluding hydrogens is 277 g/mol. The summed E-state index contributed by atoms with van der Waals surface area (Å²) in [4.78, 5) is 0. The van der Waals surface area contributed by atoms with Crippen molar-refractivity contribution in [3.8, 4) is 0 Å². The summed E-state index contributed by atoms with van der Waals surface area (Å²) in [6.07, 6.45) is 2.31. The molecule has 0 spiro atoms. The summed E-state index contributed by atoms with van der Waals surface area (Å²) in [6.45, 7) is 4.72. The third kappa shape index (κ3) is 3.36. The molecule has 0 aromatic carbocycles. The SMILES string of the molecule is CCNC(c1cc(Cl)sc1Cl)C1CCCOC1. The van der Waals surface area contributed by atoms with Crippen molar-refractivity contribution >= 4 is 34.5 Å². The Hall–Kier alpha value is 0.200. The zero-order valence-electron chi connectivity index (χ0n) is 9.84. The molecule has 0 radical (unpaired) electrons. The minimum absolute atomic E-state index is 0.261. The third-order valence-corrected chi connectivity index (χ3v) is 4.63. The number of rotatable bonds is 4. The Morgan fingerprint density at radius 3 is 2.94 bits per heavy atom. The fourth-order valence-electron chi connectivity index (χ4n) is 2.34. The second-order valence-corrected chi connectivity index (χ2v) is 6.58. The number of ether oxygens (including phenoxy) is 1. The van der Waals surface area contributed by atoms with E-state index in [9.17, 15) is 0 Å². The standard InChI is InChI=1S/C12H17Cl2NOS/c1-2-15-11(8-4-3-5-16-7-8)9-6-10(13)17-12(9)14/h6,8,11,15H,2-5,7H2,1H3. The lowest BCUT2D eigenvalue weighted by Gasteiger charge is -2.30. The summed E-state index contributed by atoms with van der Waals surface area (Å²) in [5.74, 6) is 0.492. The molecule has 2 rings (SSSR count). The Labute approximate surface area is 116 Å². The van der Waals surface area contributed by atoms with Gasteiger partial charge in [0.25, 0.3) is 0 Å². The summed E-state index contributed by atoms with van der Waals surface area (Å²) in [6, 6.07) is 2.24. The average Bonchev–Trinajstić information content (AvgIpc) is 2.66. The first-order valence-corrected chi connectivity index (χ1v) is 7.55. The second-order valence-electron chi connectivity index (χ2n) is 4.29. The highest BCUT2D eigenvalue weighted by atomic mass is 35.5. The van der Waals surface area contributed by atoms with Crippen molar-refractivity contribution in [3.05, 3.63) is 20.3 Å². The average molecular weight is 294 g/mol. The molecule has 0 bridgehead atoms. The Morgan fingerprint density at radius 2 is 2.41 bits per heavy atom. The maximum atomic E-state index is 6.25. The highest BCUT2D eigenvalue weighted by Crippen LogP contribution is 2.39. The van der Waals surface area contributed by atoms with E-state index in [2.05, 4.69) is 12.2 Å². The van der Waals surface area contributed by atoms with E-state index in [1.165, 1.54) is 17.8 Å². The van der Waals surface area contributed by atoms with Gasteiger partial charge in [-0.1, -0.05) is 30.1 Å². The molecule has 1 aliphatic rings. The van der Waals surface area contributed by atoms with Gasteiger partial charge >= 0.3 is 0 Å². The van der Waals surface area contributed by atoms with Crippen LogP contribution < -0.4 is 5.32 Å². The van der Waals surface area contributed by atoms with Crippen LogP contribution in [-0.2, 0) is 4.74 Å². The maximum Gasteiger partial charge on any atom is 0.0992 e. The lowest BCUT2D eigenvalue weighted by Crippen LogP contribution is -2.33. The molecule has 5 heteroatoms. The van der Waals surface area contributed by atoms with E-state index in [0.717, 1.165) is 40.4 Å². The number of thiophene rings is 1. The van der Waals surface area contributed by atoms with Gasteiger partial charge in [-0.25, -0.2) is 0 Å². The van der Waals surface area contributed by atoms with Crippen LogP contribution in [0, 0.1) is 5.92 Å². The zero-order valence-corrected chi connectivity index (χ0v) is 12.2. The Kier molecular flexibility index (Phi) is 5.12. The lowest BCUT2D eigenvalue weighted by atomic mass is 9.90. The number of halogens is 2. The molecule has 1 aromatic heterocycles. The molecule has 2 atom stereocenters. The molecule has 0 amide bonds. The van der Waals surface area contributed by atoms with Crippen LogP contribution in [0.2, 0.25) is 8.67 Å². The Balaban J connectivity index is 2.18. The van der Waals surface area contributed by atoms with E-state index in [0.29, 0.717) is 5.92 Å². The number of hydrogen-bond acceptors (Lipinski definition) is 3. The van der Waals surface area contributed by atoms with Crippen LogP contribution >= 0.6 is 34.5 Å². The van der Waals surface area contributed by atoms with E-state index in [1.54, 1.807) is 0 Å². The quantitative estimate of drug-likeness (QED) is 0.901. The number of hydrogen-bond donors (Lipinski definition) is 1. The Morgan fingerprint density at radius 1 is 1.59 bits per heavy atom. The van der Waals surface area contributed by atoms with Crippen LogP contribution in [0.3, 0.4) is 0 Å². The summed E-state index contributed by atoms with van der Waals surface area (Å²) in [5, 5.41) is 3.51. The predicted octanol–water partition coefficient (Wildman–Crippen LogP) is 4.13. The monoisotopic (exact) mass is 293 g/mol. The smallest absolute Gasteiger partial charge is 0.0992 e. The third-order valence-electron chi connectivity index (χ3n) is 3.11. The molecule has 0 aliphatic carbocycles. The largest absolute Gasteiger partial charge is 0.381 e. The van der Waals surface area contributed by atoms with E-state index >= 15 is 0 Å². The van der Waals surface area contributed by atoms with Crippen LogP contribution in [0.1, 0.15) is 31.4 Å². The molecule has 17 heavy (non-hydrogen) atoms. The van der Waals surface area contributed by atoms with Gasteiger partial charge in [0.2, 0.25) is 0 Å². The van der Waals surface area contributed by atoms with Gasteiger partial charge in [0, 0.05) is 24.1 Å². The van der Waals surface area contributed by atoms with Crippen molar-refractivity contribution in [2.24, 2.45) is 5.92 Å². The van der Waals surface area contributed by atoms with E-state index in [4.69, 9.17) is 27.9 Å². The molecular formula is C12H17Cl2NOS. The highest BCUT2D eigenvalue weighted by Gasteiger charge is 2.27. The van der Waals surface area contributed by atoms with Crippen molar-refractivity contribution in [3.63, 3.8) is 0 Å². The van der Waals surface area contributed by atoms with Crippen LogP contribution in [0.4, 0.5) is 0 Å². The van der Waals surface area contributed by atoms with Crippen molar-refractivity contribution < 1.29 is 4.74 Å². The van der Waals surface area contributed by atoms with Crippen LogP contribution in [-0.4, -0.2) is 19.8 Å². The van der Waals surface area contributed by atoms with Gasteiger partial charge in [0.05, 0.1) is 15.3 Å². The number of nitrogens with one attached hydrogen (secondary N) is 1. The van der Waals surface area contributed by atoms with Gasteiger partial charge in [-0.2, -0.15) is 0 Å². The topological polar surface area (TPSA) is 21.3 Å². The molecule has 2 unspecified atom stereocenters. The van der Waals surface area contributed by atoms with E-state index in [-0.39, 0.29) is 6.04 Å². The van der Waals surface area contributed by atoms with Crippen molar-refractivity contribution in [2.75, 3.05) is 19.8 Å². The first kappa shape index (κ1) is 13.6. The van der Waals surface area contributed by atoms with Gasteiger partial charge in [-0.15, -0.1) is 11.3 Å². The summed E-state index contributed by atoms with van der Waals surface area (Å²) in [7, 11) is 0. The van der Waals surface area contributed by atoms with E-state index in [1.807, 2.05) is 6.07 Å². The summed E-state index contributed by atoms with van der Waals surface area (Å²) in [5.41, 5.74) is 1.12. The van der Waals surface area contributed by atoms with E-state index < -0.39 is 0 Å². The van der Waals surface area contributed by atoms with Gasteiger partial charge in [0.15, 0.2) is 0 Å². The minimum Gasteiger partial charge on any atom is -0.381 e. The van der Waals surface area contributed by atoms with Crippen LogP contribution in [0.5, 0.6) is 0 Å². The summed E-state index contributed by atoms with van der Waals surface area (Å²) < 4.78 is 7.12. The first-order chi connectivity index (χ1) is 8.22. The van der Waals surface area contributed by atoms with Crippen LogP contribution in [0.25, 0.3) is 0 Å². The van der Waals surface area contributed by atoms with Gasteiger partial charge in [-0.05, 0) is 25.5 Å². The molecule has 2 heterocycles. The summed E-state index contributed by atoms with van der Waals surface area (Å²) >= 11 is 13.7. The van der Waals surface area contributed by atoms with Gasteiger partial charge in [0.1, 0.15) is 0 Å². The Bertz CT molecular complexity index is 363. The molecule has 0 saturated carbocycles. The predicted molar refractivity (Wildman–Crippen MR) is 74.3 cm³/mol. The van der Waals surface area contributed by atoms with Gasteiger partial charge in [-0.3, -0.25) is 0 Å². The molecule has 1 N–H and O–H groups in total. The highest BCUT2D eigenvalue weighted by molar-refractivity contribution is 7.20. The maximum absolute atomic E-state index is 6.25. The molecule has 1 aliphatic heterocycles. The zero-order chi connectivity index (χ0) is 12.3. The fraction of sp³-hybridized carbons (Fsp3) is 0.667. The van der Waals surface area contributed by atoms with Gasteiger partial charge < -0.3 is 10.1 Å². The van der Waals surface area contributed by atoms with Crippen LogP contribution in [0.15, 0.2) is 6.07 Å². The van der Waals surface area contributed by atoms with Crippen molar-refractivity contribution in [2.45, 2.75) is 25.8 Å². The molecule has 1 aromatic rings. The molecule has 1 fully saturated rings. The molecule has 2 nitrogen and oxygen atoms in total. The normalized spacial score (nSPS) is 22.6. The molecule has 96 valence electrons. The lowest BCUT2D eigenvalue weighted by molar-refractivity contribution is 0.0393. The molecule has 1 saturated heterocycles. The second kappa shape index (κ2) is 6.39. The van der Waals surface area contributed by atoms with Crippen molar-refractivity contribution in [1.82, 2.24) is 5.32 Å².